The maximum Gasteiger partial charge on any atom is 0.259 e. The number of carbonyl (C=O) groups is 1. The fraction of sp³-hybridized carbons (Fsp3) is 0.0500. The standard InChI is InChI=1S/C20H15BrClNO2/c21-15-6-8-17(9-7-15)23-20(25)18-12-16(22)11-14(19(18)24)10-13-4-2-1-3-5-13/h1-9,11-12,24H,10H2,(H,23,25). The number of nitrogens with one attached hydrogen (secondary N) is 1. The van der Waals surface area contributed by atoms with Crippen LogP contribution >= 0.6 is 27.5 Å². The molecule has 0 aliphatic rings. The van der Waals surface area contributed by atoms with Crippen molar-refractivity contribution in [3.05, 3.63) is 92.9 Å². The largest absolute Gasteiger partial charge is 0.507 e. The van der Waals surface area contributed by atoms with Crippen molar-refractivity contribution in [3.63, 3.8) is 0 Å². The number of benzene rings is 3. The number of halogens is 2. The lowest BCUT2D eigenvalue weighted by Gasteiger charge is -2.12. The number of rotatable bonds is 4. The summed E-state index contributed by atoms with van der Waals surface area (Å²) in [6, 6.07) is 20.1. The number of hydrogen-bond donors (Lipinski definition) is 2. The molecule has 3 aromatic rings. The van der Waals surface area contributed by atoms with E-state index < -0.39 is 5.91 Å². The number of phenolic OH excluding ortho intramolecular Hbond substituents is 1. The highest BCUT2D eigenvalue weighted by Crippen LogP contribution is 2.30. The number of amides is 1. The maximum absolute atomic E-state index is 12.5. The molecule has 3 rings (SSSR count). The topological polar surface area (TPSA) is 49.3 Å². The zero-order valence-corrected chi connectivity index (χ0v) is 15.5. The SMILES string of the molecule is O=C(Nc1ccc(Br)cc1)c1cc(Cl)cc(Cc2ccccc2)c1O. The van der Waals surface area contributed by atoms with E-state index in [1.54, 1.807) is 18.2 Å². The summed E-state index contributed by atoms with van der Waals surface area (Å²) < 4.78 is 0.918. The van der Waals surface area contributed by atoms with E-state index in [1.807, 2.05) is 42.5 Å². The van der Waals surface area contributed by atoms with Crippen molar-refractivity contribution in [2.75, 3.05) is 5.32 Å². The van der Waals surface area contributed by atoms with Gasteiger partial charge in [-0.2, -0.15) is 0 Å². The van der Waals surface area contributed by atoms with Crippen molar-refractivity contribution in [2.24, 2.45) is 0 Å². The van der Waals surface area contributed by atoms with Crippen molar-refractivity contribution >= 4 is 39.1 Å². The number of phenols is 1. The molecule has 0 heterocycles. The molecule has 0 unspecified atom stereocenters. The van der Waals surface area contributed by atoms with Crippen molar-refractivity contribution in [1.29, 1.82) is 0 Å². The van der Waals surface area contributed by atoms with Gasteiger partial charge in [-0.25, -0.2) is 0 Å². The fourth-order valence-electron chi connectivity index (χ4n) is 2.51. The Hall–Kier alpha value is -2.30. The zero-order chi connectivity index (χ0) is 17.8. The van der Waals surface area contributed by atoms with Gasteiger partial charge in [0.1, 0.15) is 5.75 Å². The monoisotopic (exact) mass is 415 g/mol. The van der Waals surface area contributed by atoms with Crippen molar-refractivity contribution in [2.45, 2.75) is 6.42 Å². The van der Waals surface area contributed by atoms with Gasteiger partial charge in [-0.15, -0.1) is 0 Å². The lowest BCUT2D eigenvalue weighted by Crippen LogP contribution is -2.12. The molecule has 0 fully saturated rings. The van der Waals surface area contributed by atoms with Crippen molar-refractivity contribution < 1.29 is 9.90 Å². The molecule has 0 saturated heterocycles. The fourth-order valence-corrected chi connectivity index (χ4v) is 3.02. The molecule has 0 saturated carbocycles. The van der Waals surface area contributed by atoms with Gasteiger partial charge < -0.3 is 10.4 Å². The van der Waals surface area contributed by atoms with E-state index in [0.717, 1.165) is 10.0 Å². The van der Waals surface area contributed by atoms with Gasteiger partial charge in [-0.3, -0.25) is 4.79 Å². The summed E-state index contributed by atoms with van der Waals surface area (Å²) in [5, 5.41) is 13.7. The van der Waals surface area contributed by atoms with Crippen molar-refractivity contribution in [3.8, 4) is 5.75 Å². The summed E-state index contributed by atoms with van der Waals surface area (Å²) >= 11 is 9.51. The first-order valence-corrected chi connectivity index (χ1v) is 8.82. The van der Waals surface area contributed by atoms with E-state index in [-0.39, 0.29) is 11.3 Å². The van der Waals surface area contributed by atoms with Gasteiger partial charge in [0.15, 0.2) is 0 Å². The van der Waals surface area contributed by atoms with Gasteiger partial charge >= 0.3 is 0 Å². The first kappa shape index (κ1) is 17.5. The van der Waals surface area contributed by atoms with Gasteiger partial charge in [0.25, 0.3) is 5.91 Å². The minimum Gasteiger partial charge on any atom is -0.507 e. The van der Waals surface area contributed by atoms with Crippen molar-refractivity contribution in [1.82, 2.24) is 0 Å². The highest BCUT2D eigenvalue weighted by Gasteiger charge is 2.16. The van der Waals surface area contributed by atoms with Crippen LogP contribution in [0.2, 0.25) is 5.02 Å². The summed E-state index contributed by atoms with van der Waals surface area (Å²) in [5.41, 5.74) is 2.43. The quantitative estimate of drug-likeness (QED) is 0.577. The third kappa shape index (κ3) is 4.41. The second kappa shape index (κ2) is 7.72. The second-order valence-corrected chi connectivity index (χ2v) is 6.94. The summed E-state index contributed by atoms with van der Waals surface area (Å²) in [6.45, 7) is 0. The molecule has 126 valence electrons. The molecule has 2 N–H and O–H groups in total. The Morgan fingerprint density at radius 3 is 2.40 bits per heavy atom. The molecule has 0 bridgehead atoms. The molecule has 0 aliphatic carbocycles. The first-order chi connectivity index (χ1) is 12.0. The molecule has 0 radical (unpaired) electrons. The minimum atomic E-state index is -0.406. The molecule has 0 atom stereocenters. The summed E-state index contributed by atoms with van der Waals surface area (Å²) in [4.78, 5) is 12.5. The predicted molar refractivity (Wildman–Crippen MR) is 104 cm³/mol. The molecule has 0 aromatic heterocycles. The Labute approximate surface area is 159 Å². The molecule has 0 spiro atoms. The molecule has 3 aromatic carbocycles. The Kier molecular flexibility index (Phi) is 5.41. The number of hydrogen-bond acceptors (Lipinski definition) is 2. The normalized spacial score (nSPS) is 10.5. The van der Waals surface area contributed by atoms with E-state index in [9.17, 15) is 9.90 Å². The second-order valence-electron chi connectivity index (χ2n) is 5.58. The van der Waals surface area contributed by atoms with Gasteiger partial charge in [-0.05, 0) is 42.0 Å². The van der Waals surface area contributed by atoms with Crippen LogP contribution in [-0.4, -0.2) is 11.0 Å². The van der Waals surface area contributed by atoms with Crippen LogP contribution < -0.4 is 5.32 Å². The number of anilines is 1. The van der Waals surface area contributed by atoms with Crippen LogP contribution in [0.5, 0.6) is 5.75 Å². The molecule has 3 nitrogen and oxygen atoms in total. The Morgan fingerprint density at radius 2 is 1.72 bits per heavy atom. The minimum absolute atomic E-state index is 0.0529. The highest BCUT2D eigenvalue weighted by atomic mass is 79.9. The third-order valence-corrected chi connectivity index (χ3v) is 4.48. The molecule has 0 aliphatic heterocycles. The molecule has 25 heavy (non-hydrogen) atoms. The van der Waals surface area contributed by atoms with E-state index >= 15 is 0 Å². The van der Waals surface area contributed by atoms with Gasteiger partial charge in [-0.1, -0.05) is 57.9 Å². The van der Waals surface area contributed by atoms with Crippen LogP contribution in [-0.2, 0) is 6.42 Å². The average Bonchev–Trinajstić information content (AvgIpc) is 2.60. The molecular formula is C20H15BrClNO2. The van der Waals surface area contributed by atoms with Gasteiger partial charge in [0.05, 0.1) is 5.56 Å². The Morgan fingerprint density at radius 1 is 1.04 bits per heavy atom. The van der Waals surface area contributed by atoms with Crippen LogP contribution in [0.4, 0.5) is 5.69 Å². The lowest BCUT2D eigenvalue weighted by atomic mass is 10.0. The Balaban J connectivity index is 1.88. The smallest absolute Gasteiger partial charge is 0.259 e. The summed E-state index contributed by atoms with van der Waals surface area (Å²) in [7, 11) is 0. The lowest BCUT2D eigenvalue weighted by molar-refractivity contribution is 0.102. The predicted octanol–water partition coefficient (Wildman–Crippen LogP) is 5.65. The van der Waals surface area contributed by atoms with Crippen LogP contribution in [0, 0.1) is 0 Å². The maximum atomic E-state index is 12.5. The van der Waals surface area contributed by atoms with Gasteiger partial charge in [0.2, 0.25) is 0 Å². The molecule has 1 amide bonds. The molecule has 5 heteroatoms. The molecular weight excluding hydrogens is 402 g/mol. The van der Waals surface area contributed by atoms with Crippen LogP contribution in [0.3, 0.4) is 0 Å². The zero-order valence-electron chi connectivity index (χ0n) is 13.2. The van der Waals surface area contributed by atoms with Crippen LogP contribution in [0.1, 0.15) is 21.5 Å². The third-order valence-electron chi connectivity index (χ3n) is 3.74. The first-order valence-electron chi connectivity index (χ1n) is 7.65. The number of aromatic hydroxyl groups is 1. The van der Waals surface area contributed by atoms with E-state index in [0.29, 0.717) is 22.7 Å². The van der Waals surface area contributed by atoms with Gasteiger partial charge in [0, 0.05) is 27.2 Å². The summed E-state index contributed by atoms with van der Waals surface area (Å²) in [6.07, 6.45) is 0.492. The Bertz CT molecular complexity index is 896. The summed E-state index contributed by atoms with van der Waals surface area (Å²) in [5.74, 6) is -0.459. The van der Waals surface area contributed by atoms with E-state index in [2.05, 4.69) is 21.2 Å². The average molecular weight is 417 g/mol. The van der Waals surface area contributed by atoms with Crippen LogP contribution in [0.15, 0.2) is 71.2 Å². The van der Waals surface area contributed by atoms with E-state index in [4.69, 9.17) is 11.6 Å². The highest BCUT2D eigenvalue weighted by molar-refractivity contribution is 9.10. The number of carbonyl (C=O) groups excluding carboxylic acids is 1. The van der Waals surface area contributed by atoms with Crippen LogP contribution in [0.25, 0.3) is 0 Å². The van der Waals surface area contributed by atoms with E-state index in [1.165, 1.54) is 6.07 Å².